The molecule has 1 aromatic heterocycles. The normalized spacial score (nSPS) is 16.0. The number of ether oxygens (including phenoxy) is 3. The first-order chi connectivity index (χ1) is 24.5. The van der Waals surface area contributed by atoms with Crippen LogP contribution in [0.1, 0.15) is 11.3 Å². The van der Waals surface area contributed by atoms with E-state index in [1.165, 1.54) is 48.4 Å². The number of benzene rings is 2. The first-order valence-electron chi connectivity index (χ1n) is 16.0. The fourth-order valence-electron chi connectivity index (χ4n) is 5.88. The minimum atomic E-state index is -4.25. The van der Waals surface area contributed by atoms with Gasteiger partial charge in [-0.25, -0.2) is 13.9 Å². The van der Waals surface area contributed by atoms with E-state index in [4.69, 9.17) is 19.6 Å². The molecule has 3 heterocycles. The Bertz CT molecular complexity index is 1910. The summed E-state index contributed by atoms with van der Waals surface area (Å²) in [6.45, 7) is 0.426. The molecule has 0 saturated heterocycles. The van der Waals surface area contributed by atoms with E-state index in [0.717, 1.165) is 9.69 Å². The van der Waals surface area contributed by atoms with Crippen molar-refractivity contribution in [1.82, 2.24) is 29.9 Å². The third kappa shape index (κ3) is 8.61. The number of hydrogen-bond acceptors (Lipinski definition) is 11. The molecule has 4 amide bonds. The summed E-state index contributed by atoms with van der Waals surface area (Å²) < 4.78 is 46.3. The first kappa shape index (κ1) is 37.1. The second-order valence-corrected chi connectivity index (χ2v) is 13.4. The summed E-state index contributed by atoms with van der Waals surface area (Å²) in [6.07, 6.45) is 2.69. The quantitative estimate of drug-likeness (QED) is 0.0707. The van der Waals surface area contributed by atoms with Gasteiger partial charge in [0.2, 0.25) is 21.8 Å². The van der Waals surface area contributed by atoms with Gasteiger partial charge in [-0.1, -0.05) is 18.2 Å². The van der Waals surface area contributed by atoms with Crippen LogP contribution in [0.3, 0.4) is 0 Å². The van der Waals surface area contributed by atoms with E-state index in [9.17, 15) is 32.8 Å². The van der Waals surface area contributed by atoms with Crippen LogP contribution in [0.2, 0.25) is 0 Å². The van der Waals surface area contributed by atoms with E-state index in [2.05, 4.69) is 10.6 Å². The van der Waals surface area contributed by atoms with Crippen molar-refractivity contribution in [3.05, 3.63) is 71.9 Å². The predicted octanol–water partition coefficient (Wildman–Crippen LogP) is -0.0878. The molecule has 272 valence electrons. The van der Waals surface area contributed by atoms with Crippen LogP contribution in [0.4, 0.5) is 0 Å². The Kier molecular flexibility index (Phi) is 12.2. The molecule has 0 aliphatic carbocycles. The number of sulfonamides is 1. The molecule has 5 N–H and O–H groups in total. The smallest absolute Gasteiger partial charge is 0.262 e. The van der Waals surface area contributed by atoms with Crippen LogP contribution in [0.25, 0.3) is 10.9 Å². The maximum atomic E-state index is 13.9. The van der Waals surface area contributed by atoms with Crippen LogP contribution in [0.15, 0.2) is 65.6 Å². The summed E-state index contributed by atoms with van der Waals surface area (Å²) in [6, 6.07) is 11.7. The molecule has 18 heteroatoms. The summed E-state index contributed by atoms with van der Waals surface area (Å²) in [4.78, 5) is 50.9. The van der Waals surface area contributed by atoms with Crippen LogP contribution >= 0.6 is 0 Å². The number of methoxy groups -OCH3 is 1. The minimum Gasteiger partial charge on any atom is -0.497 e. The van der Waals surface area contributed by atoms with Crippen LogP contribution in [0.5, 0.6) is 5.75 Å². The van der Waals surface area contributed by atoms with Crippen LogP contribution in [-0.4, -0.2) is 116 Å². The molecule has 0 saturated carbocycles. The molecule has 1 atom stereocenters. The number of fused-ring (bicyclic) bond motifs is 3. The van der Waals surface area contributed by atoms with Gasteiger partial charge in [-0.2, -0.15) is 4.31 Å². The van der Waals surface area contributed by atoms with Gasteiger partial charge in [-0.05, 0) is 42.0 Å². The molecular weight excluding hydrogens is 686 g/mol. The lowest BCUT2D eigenvalue weighted by Gasteiger charge is -2.34. The molecule has 0 fully saturated rings. The van der Waals surface area contributed by atoms with Crippen LogP contribution in [-0.2, 0) is 58.2 Å². The second kappa shape index (κ2) is 16.7. The number of hydroxylamine groups is 1. The third-order valence-corrected chi connectivity index (χ3v) is 10.3. The van der Waals surface area contributed by atoms with Gasteiger partial charge < -0.3 is 29.4 Å². The highest BCUT2D eigenvalue weighted by atomic mass is 32.2. The number of nitrogens with zero attached hydrogens (tertiary/aromatic N) is 3. The molecule has 2 aliphatic rings. The monoisotopic (exact) mass is 725 g/mol. The van der Waals surface area contributed by atoms with Crippen molar-refractivity contribution in [2.75, 3.05) is 53.2 Å². The maximum Gasteiger partial charge on any atom is 0.262 e. The number of aromatic nitrogens is 1. The van der Waals surface area contributed by atoms with Crippen molar-refractivity contribution in [3.8, 4) is 5.75 Å². The van der Waals surface area contributed by atoms with E-state index in [-0.39, 0.29) is 88.1 Å². The standard InChI is InChI=1S/C33H39N7O10S/c1-48-22-6-8-23(9-7-22)51(46,47)40-19-28-25(18-27(40)33(44)37-45)24-4-2-3-5-26(24)39(28)20-30(41)35-12-13-36-31(42)21-50-17-16-49-15-14-38-29(34)10-11-32(38)43/h2-11,27,34,45H,12-21H2,1H3,(H,35,41)(H,36,42)(H,37,44). The van der Waals surface area contributed by atoms with E-state index in [0.29, 0.717) is 22.5 Å². The molecule has 2 aromatic carbocycles. The molecule has 0 spiro atoms. The maximum absolute atomic E-state index is 13.9. The molecule has 2 aliphatic heterocycles. The van der Waals surface area contributed by atoms with Crippen molar-refractivity contribution >= 4 is 50.4 Å². The van der Waals surface area contributed by atoms with E-state index in [1.54, 1.807) is 28.2 Å². The van der Waals surface area contributed by atoms with Crippen molar-refractivity contribution in [2.45, 2.75) is 30.4 Å². The number of amidine groups is 1. The Labute approximate surface area is 293 Å². The number of hydrogen-bond donors (Lipinski definition) is 5. The largest absolute Gasteiger partial charge is 0.497 e. The Morgan fingerprint density at radius 1 is 0.961 bits per heavy atom. The number of nitrogens with one attached hydrogen (secondary N) is 4. The minimum absolute atomic E-state index is 0.0463. The van der Waals surface area contributed by atoms with Gasteiger partial charge in [0.1, 0.15) is 30.8 Å². The van der Waals surface area contributed by atoms with E-state index in [1.807, 2.05) is 6.07 Å². The number of carbonyl (C=O) groups excluding carboxylic acids is 4. The molecule has 51 heavy (non-hydrogen) atoms. The summed E-state index contributed by atoms with van der Waals surface area (Å²) in [7, 11) is -2.80. The molecule has 0 radical (unpaired) electrons. The molecular formula is C33H39N7O10S. The van der Waals surface area contributed by atoms with Gasteiger partial charge in [0.15, 0.2) is 0 Å². The highest BCUT2D eigenvalue weighted by molar-refractivity contribution is 7.89. The Morgan fingerprint density at radius 3 is 2.35 bits per heavy atom. The lowest BCUT2D eigenvalue weighted by atomic mass is 9.98. The van der Waals surface area contributed by atoms with Crippen molar-refractivity contribution in [1.29, 1.82) is 5.41 Å². The lowest BCUT2D eigenvalue weighted by molar-refractivity contribution is -0.133. The summed E-state index contributed by atoms with van der Waals surface area (Å²) >= 11 is 0. The zero-order chi connectivity index (χ0) is 36.5. The van der Waals surface area contributed by atoms with Crippen molar-refractivity contribution < 1.29 is 47.0 Å². The molecule has 3 aromatic rings. The molecule has 5 rings (SSSR count). The fourth-order valence-corrected chi connectivity index (χ4v) is 7.43. The Morgan fingerprint density at radius 2 is 1.67 bits per heavy atom. The van der Waals surface area contributed by atoms with E-state index >= 15 is 0 Å². The number of carbonyl (C=O) groups is 4. The second-order valence-electron chi connectivity index (χ2n) is 11.5. The summed E-state index contributed by atoms with van der Waals surface area (Å²) in [5.74, 6) is -1.37. The summed E-state index contributed by atoms with van der Waals surface area (Å²) in [5.41, 5.74) is 3.48. The van der Waals surface area contributed by atoms with Crippen LogP contribution < -0.4 is 20.9 Å². The van der Waals surface area contributed by atoms with Gasteiger partial charge >= 0.3 is 0 Å². The van der Waals surface area contributed by atoms with Crippen LogP contribution in [0, 0.1) is 5.41 Å². The van der Waals surface area contributed by atoms with Gasteiger partial charge in [0.05, 0.1) is 44.9 Å². The highest BCUT2D eigenvalue weighted by Crippen LogP contribution is 2.36. The topological polar surface area (TPSA) is 222 Å². The average Bonchev–Trinajstić information content (AvgIpc) is 3.62. The number of rotatable bonds is 17. The average molecular weight is 726 g/mol. The van der Waals surface area contributed by atoms with E-state index < -0.39 is 27.9 Å². The van der Waals surface area contributed by atoms with Gasteiger partial charge in [0.25, 0.3) is 11.8 Å². The zero-order valence-electron chi connectivity index (χ0n) is 27.8. The molecule has 1 unspecified atom stereocenters. The van der Waals surface area contributed by atoms with Gasteiger partial charge in [-0.15, -0.1) is 0 Å². The van der Waals surface area contributed by atoms with Gasteiger partial charge in [0, 0.05) is 42.2 Å². The van der Waals surface area contributed by atoms with Gasteiger partial charge in [-0.3, -0.25) is 34.7 Å². The number of para-hydroxylation sites is 1. The summed E-state index contributed by atoms with van der Waals surface area (Å²) in [5, 5.41) is 23.3. The van der Waals surface area contributed by atoms with Crippen molar-refractivity contribution in [2.24, 2.45) is 0 Å². The SMILES string of the molecule is COc1ccc(S(=O)(=O)N2Cc3c(c4ccccc4n3CC(=O)NCCNC(=O)COCCOCCN3C(=N)C=CC3=O)CC2C(=O)NO)cc1. The lowest BCUT2D eigenvalue weighted by Crippen LogP contribution is -2.52. The zero-order valence-corrected chi connectivity index (χ0v) is 28.6. The third-order valence-electron chi connectivity index (χ3n) is 8.40. The Hall–Kier alpha value is -5.14. The molecule has 17 nitrogen and oxygen atoms in total. The number of amides is 4. The van der Waals surface area contributed by atoms with Crippen molar-refractivity contribution in [3.63, 3.8) is 0 Å². The fraction of sp³-hybridized carbons (Fsp3) is 0.364. The molecule has 0 bridgehead atoms. The first-order valence-corrected chi connectivity index (χ1v) is 17.4. The highest BCUT2D eigenvalue weighted by Gasteiger charge is 2.42. The Balaban J connectivity index is 1.14. The predicted molar refractivity (Wildman–Crippen MR) is 181 cm³/mol.